The largest absolute Gasteiger partial charge is 0.478 e. The lowest BCUT2D eigenvalue weighted by atomic mass is 10.3. The molecule has 0 fully saturated rings. The number of nitrogens with zero attached hydrogens (tertiary/aromatic N) is 1. The van der Waals surface area contributed by atoms with E-state index in [1.807, 2.05) is 6.07 Å². The van der Waals surface area contributed by atoms with Gasteiger partial charge in [-0.05, 0) is 30.3 Å². The zero-order chi connectivity index (χ0) is 18.1. The summed E-state index contributed by atoms with van der Waals surface area (Å²) in [5.74, 6) is -1.26. The molecule has 1 aromatic carbocycles. The Balaban J connectivity index is 1.87. The third kappa shape index (κ3) is 6.88. The standard InChI is InChI=1S/C17H15N3O4S/c21-15(7-8-17(23)24)19-12-4-3-5-13(10-12)25-11-16(22)20-14-6-1-2-9-18-14/h1-10H,11H2,(H,19,21)(H,23,24)(H,18,20,22)/b8-7+. The molecule has 0 atom stereocenters. The van der Waals surface area contributed by atoms with Gasteiger partial charge in [-0.15, -0.1) is 11.8 Å². The van der Waals surface area contributed by atoms with Crippen molar-refractivity contribution in [3.05, 3.63) is 60.8 Å². The van der Waals surface area contributed by atoms with Crippen molar-refractivity contribution >= 4 is 41.1 Å². The van der Waals surface area contributed by atoms with E-state index in [1.165, 1.54) is 11.8 Å². The first kappa shape index (κ1) is 18.2. The molecule has 2 aromatic rings. The molecule has 0 spiro atoms. The fourth-order valence-electron chi connectivity index (χ4n) is 1.76. The van der Waals surface area contributed by atoms with E-state index >= 15 is 0 Å². The number of aromatic nitrogens is 1. The number of anilines is 2. The van der Waals surface area contributed by atoms with Crippen molar-refractivity contribution in [1.29, 1.82) is 0 Å². The fourth-order valence-corrected chi connectivity index (χ4v) is 2.51. The van der Waals surface area contributed by atoms with Crippen LogP contribution in [0.25, 0.3) is 0 Å². The molecule has 0 saturated carbocycles. The average molecular weight is 357 g/mol. The van der Waals surface area contributed by atoms with Gasteiger partial charge < -0.3 is 15.7 Å². The van der Waals surface area contributed by atoms with Gasteiger partial charge in [0.15, 0.2) is 0 Å². The molecular weight excluding hydrogens is 342 g/mol. The number of benzene rings is 1. The summed E-state index contributed by atoms with van der Waals surface area (Å²) in [6, 6.07) is 12.1. The first-order chi connectivity index (χ1) is 12.0. The van der Waals surface area contributed by atoms with Gasteiger partial charge in [0.2, 0.25) is 11.8 Å². The van der Waals surface area contributed by atoms with Crippen LogP contribution in [0.5, 0.6) is 0 Å². The lowest BCUT2D eigenvalue weighted by Crippen LogP contribution is -2.14. The Morgan fingerprint density at radius 3 is 2.64 bits per heavy atom. The highest BCUT2D eigenvalue weighted by molar-refractivity contribution is 8.00. The van der Waals surface area contributed by atoms with Crippen LogP contribution < -0.4 is 10.6 Å². The van der Waals surface area contributed by atoms with Crippen molar-refractivity contribution < 1.29 is 19.5 Å². The van der Waals surface area contributed by atoms with Crippen molar-refractivity contribution in [1.82, 2.24) is 4.98 Å². The van der Waals surface area contributed by atoms with Gasteiger partial charge >= 0.3 is 5.97 Å². The Kier molecular flexibility index (Phi) is 6.73. The Hall–Kier alpha value is -3.13. The molecule has 1 aromatic heterocycles. The van der Waals surface area contributed by atoms with Crippen molar-refractivity contribution in [2.24, 2.45) is 0 Å². The van der Waals surface area contributed by atoms with Crippen molar-refractivity contribution in [3.63, 3.8) is 0 Å². The summed E-state index contributed by atoms with van der Waals surface area (Å²) in [6.45, 7) is 0. The Labute approximate surface area is 148 Å². The second kappa shape index (κ2) is 9.24. The minimum Gasteiger partial charge on any atom is -0.478 e. The van der Waals surface area contributed by atoms with Gasteiger partial charge in [0.1, 0.15) is 5.82 Å². The molecule has 2 rings (SSSR count). The van der Waals surface area contributed by atoms with Gasteiger partial charge in [0, 0.05) is 28.9 Å². The van der Waals surface area contributed by atoms with Crippen LogP contribution in [0.3, 0.4) is 0 Å². The minimum absolute atomic E-state index is 0.187. The molecule has 0 unspecified atom stereocenters. The van der Waals surface area contributed by atoms with E-state index in [4.69, 9.17) is 5.11 Å². The van der Waals surface area contributed by atoms with E-state index in [9.17, 15) is 14.4 Å². The molecule has 0 saturated heterocycles. The molecule has 0 aliphatic rings. The maximum atomic E-state index is 11.9. The average Bonchev–Trinajstić information content (AvgIpc) is 2.59. The third-order valence-electron chi connectivity index (χ3n) is 2.78. The van der Waals surface area contributed by atoms with Crippen LogP contribution in [0.2, 0.25) is 0 Å². The van der Waals surface area contributed by atoms with Gasteiger partial charge in [0.25, 0.3) is 0 Å². The highest BCUT2D eigenvalue weighted by Gasteiger charge is 2.05. The number of carbonyl (C=O) groups excluding carboxylic acids is 2. The number of carboxylic acid groups (broad SMARTS) is 1. The van der Waals surface area contributed by atoms with E-state index in [2.05, 4.69) is 15.6 Å². The lowest BCUT2D eigenvalue weighted by Gasteiger charge is -2.06. The maximum Gasteiger partial charge on any atom is 0.328 e. The summed E-state index contributed by atoms with van der Waals surface area (Å²) in [4.78, 5) is 38.6. The molecule has 8 heteroatoms. The van der Waals surface area contributed by atoms with E-state index in [0.29, 0.717) is 11.5 Å². The molecule has 0 aliphatic carbocycles. The fraction of sp³-hybridized carbons (Fsp3) is 0.0588. The quantitative estimate of drug-likeness (QED) is 0.519. The number of thioether (sulfide) groups is 1. The van der Waals surface area contributed by atoms with Gasteiger partial charge in [-0.2, -0.15) is 0 Å². The maximum absolute atomic E-state index is 11.9. The van der Waals surface area contributed by atoms with Gasteiger partial charge in [-0.25, -0.2) is 9.78 Å². The molecule has 0 radical (unpaired) electrons. The molecule has 128 valence electrons. The number of nitrogens with one attached hydrogen (secondary N) is 2. The number of carbonyl (C=O) groups is 3. The topological polar surface area (TPSA) is 108 Å². The molecule has 3 N–H and O–H groups in total. The van der Waals surface area contributed by atoms with Gasteiger partial charge in [-0.1, -0.05) is 12.1 Å². The molecule has 25 heavy (non-hydrogen) atoms. The normalized spacial score (nSPS) is 10.4. The number of amides is 2. The summed E-state index contributed by atoms with van der Waals surface area (Å²) in [5, 5.41) is 13.7. The highest BCUT2D eigenvalue weighted by Crippen LogP contribution is 2.21. The van der Waals surface area contributed by atoms with Crippen LogP contribution >= 0.6 is 11.8 Å². The van der Waals surface area contributed by atoms with Gasteiger partial charge in [0.05, 0.1) is 5.75 Å². The summed E-state index contributed by atoms with van der Waals surface area (Å²) in [7, 11) is 0. The second-order valence-corrected chi connectivity index (χ2v) is 5.79. The Morgan fingerprint density at radius 2 is 1.92 bits per heavy atom. The Bertz CT molecular complexity index is 793. The van der Waals surface area contributed by atoms with E-state index < -0.39 is 11.9 Å². The number of pyridine rings is 1. The van der Waals surface area contributed by atoms with Crippen molar-refractivity contribution in [3.8, 4) is 0 Å². The predicted octanol–water partition coefficient (Wildman–Crippen LogP) is 2.39. The van der Waals surface area contributed by atoms with E-state index in [0.717, 1.165) is 17.0 Å². The van der Waals surface area contributed by atoms with Crippen LogP contribution in [-0.2, 0) is 14.4 Å². The predicted molar refractivity (Wildman–Crippen MR) is 95.4 cm³/mol. The van der Waals surface area contributed by atoms with E-state index in [1.54, 1.807) is 42.6 Å². The zero-order valence-electron chi connectivity index (χ0n) is 13.0. The smallest absolute Gasteiger partial charge is 0.328 e. The first-order valence-electron chi connectivity index (χ1n) is 7.18. The summed E-state index contributed by atoms with van der Waals surface area (Å²) in [6.07, 6.45) is 3.28. The van der Waals surface area contributed by atoms with Crippen molar-refractivity contribution in [2.45, 2.75) is 4.90 Å². The van der Waals surface area contributed by atoms with E-state index in [-0.39, 0.29) is 11.7 Å². The number of carboxylic acids is 1. The number of rotatable bonds is 7. The second-order valence-electron chi connectivity index (χ2n) is 4.74. The van der Waals surface area contributed by atoms with Crippen LogP contribution in [0.4, 0.5) is 11.5 Å². The summed E-state index contributed by atoms with van der Waals surface area (Å²) in [5.41, 5.74) is 0.509. The number of hydrogen-bond donors (Lipinski definition) is 3. The van der Waals surface area contributed by atoms with Crippen molar-refractivity contribution in [2.75, 3.05) is 16.4 Å². The van der Waals surface area contributed by atoms with Crippen LogP contribution in [0, 0.1) is 0 Å². The molecule has 1 heterocycles. The SMILES string of the molecule is O=C(O)/C=C/C(=O)Nc1cccc(SCC(=O)Nc2ccccn2)c1. The van der Waals surface area contributed by atoms with Gasteiger partial charge in [-0.3, -0.25) is 9.59 Å². The summed E-state index contributed by atoms with van der Waals surface area (Å²) >= 11 is 1.30. The molecule has 7 nitrogen and oxygen atoms in total. The highest BCUT2D eigenvalue weighted by atomic mass is 32.2. The van der Waals surface area contributed by atoms with Crippen LogP contribution in [0.1, 0.15) is 0 Å². The third-order valence-corrected chi connectivity index (χ3v) is 3.77. The minimum atomic E-state index is -1.20. The first-order valence-corrected chi connectivity index (χ1v) is 8.17. The molecule has 0 bridgehead atoms. The number of aliphatic carboxylic acids is 1. The molecule has 2 amide bonds. The number of hydrogen-bond acceptors (Lipinski definition) is 5. The molecule has 0 aliphatic heterocycles. The Morgan fingerprint density at radius 1 is 1.08 bits per heavy atom. The summed E-state index contributed by atoms with van der Waals surface area (Å²) < 4.78 is 0. The zero-order valence-corrected chi connectivity index (χ0v) is 13.8. The van der Waals surface area contributed by atoms with Crippen LogP contribution in [0.15, 0.2) is 65.7 Å². The monoisotopic (exact) mass is 357 g/mol. The molecular formula is C17H15N3O4S. The lowest BCUT2D eigenvalue weighted by molar-refractivity contribution is -0.131. The van der Waals surface area contributed by atoms with Crippen LogP contribution in [-0.4, -0.2) is 33.6 Å².